The van der Waals surface area contributed by atoms with E-state index >= 15 is 0 Å². The van der Waals surface area contributed by atoms with E-state index in [1.54, 1.807) is 13.0 Å². The maximum Gasteiger partial charge on any atom is 0.312 e. The highest BCUT2D eigenvalue weighted by molar-refractivity contribution is 5.74. The third-order valence-corrected chi connectivity index (χ3v) is 3.50. The average molecular weight is 268 g/mol. The van der Waals surface area contributed by atoms with Gasteiger partial charge in [-0.15, -0.1) is 0 Å². The normalized spacial score (nSPS) is 15.9. The fourth-order valence-corrected chi connectivity index (χ4v) is 2.51. The molecule has 0 amide bonds. The maximum atomic E-state index is 13.4. The number of ether oxygens (including phenoxy) is 1. The number of hydrogen-bond donors (Lipinski definition) is 1. The van der Waals surface area contributed by atoms with Crippen molar-refractivity contribution < 1.29 is 19.0 Å². The second kappa shape index (κ2) is 6.15. The fourth-order valence-electron chi connectivity index (χ4n) is 2.51. The van der Waals surface area contributed by atoms with E-state index in [0.29, 0.717) is 12.0 Å². The number of esters is 1. The first-order valence-corrected chi connectivity index (χ1v) is 6.43. The van der Waals surface area contributed by atoms with E-state index in [-0.39, 0.29) is 5.92 Å². The molecule has 0 aliphatic carbocycles. The summed E-state index contributed by atoms with van der Waals surface area (Å²) >= 11 is 0. The van der Waals surface area contributed by atoms with Crippen LogP contribution in [0.25, 0.3) is 0 Å². The van der Waals surface area contributed by atoms with Crippen LogP contribution in [0, 0.1) is 17.7 Å². The molecule has 1 rings (SSSR count). The van der Waals surface area contributed by atoms with Gasteiger partial charge < -0.3 is 9.84 Å². The second-order valence-corrected chi connectivity index (χ2v) is 5.03. The Morgan fingerprint density at radius 2 is 2.11 bits per heavy atom. The van der Waals surface area contributed by atoms with Gasteiger partial charge in [-0.05, 0) is 30.0 Å². The Kier molecular flexibility index (Phi) is 5.06. The topological polar surface area (TPSA) is 46.5 Å². The molecule has 0 aromatic heterocycles. The van der Waals surface area contributed by atoms with Crippen LogP contribution in [0.1, 0.15) is 32.8 Å². The third-order valence-electron chi connectivity index (χ3n) is 3.50. The summed E-state index contributed by atoms with van der Waals surface area (Å²) in [6, 6.07) is 5.73. The largest absolute Gasteiger partial charge is 0.469 e. The van der Waals surface area contributed by atoms with Crippen LogP contribution in [-0.2, 0) is 15.1 Å². The predicted molar refractivity (Wildman–Crippen MR) is 70.9 cm³/mol. The number of carbonyl (C=O) groups excluding carboxylic acids is 1. The average Bonchev–Trinajstić information content (AvgIpc) is 2.37. The van der Waals surface area contributed by atoms with Gasteiger partial charge in [0.05, 0.1) is 13.0 Å². The van der Waals surface area contributed by atoms with Crippen LogP contribution in [0.3, 0.4) is 0 Å². The number of aliphatic hydroxyl groups is 1. The monoisotopic (exact) mass is 268 g/mol. The first kappa shape index (κ1) is 15.6. The standard InChI is InChI=1S/C15H21FO3/c1-5-15(18,11-7-6-8-12(16)9-11)13(10(2)3)14(17)19-4/h6-10,13,18H,5H2,1-4H3. The summed E-state index contributed by atoms with van der Waals surface area (Å²) in [5.74, 6) is -1.77. The Bertz CT molecular complexity index is 445. The lowest BCUT2D eigenvalue weighted by atomic mass is 9.73. The lowest BCUT2D eigenvalue weighted by molar-refractivity contribution is -0.161. The molecule has 19 heavy (non-hydrogen) atoms. The third kappa shape index (κ3) is 3.13. The summed E-state index contributed by atoms with van der Waals surface area (Å²) in [4.78, 5) is 11.9. The van der Waals surface area contributed by atoms with Gasteiger partial charge in [-0.3, -0.25) is 4.79 Å². The lowest BCUT2D eigenvalue weighted by Gasteiger charge is -2.36. The number of methoxy groups -OCH3 is 1. The molecule has 0 spiro atoms. The van der Waals surface area contributed by atoms with E-state index in [2.05, 4.69) is 0 Å². The highest BCUT2D eigenvalue weighted by Gasteiger charge is 2.44. The van der Waals surface area contributed by atoms with Crippen molar-refractivity contribution in [3.8, 4) is 0 Å². The van der Waals surface area contributed by atoms with Crippen LogP contribution < -0.4 is 0 Å². The molecule has 4 heteroatoms. The van der Waals surface area contributed by atoms with E-state index in [9.17, 15) is 14.3 Å². The minimum atomic E-state index is -1.43. The Morgan fingerprint density at radius 1 is 1.47 bits per heavy atom. The SMILES string of the molecule is CCC(O)(c1cccc(F)c1)C(C(=O)OC)C(C)C. The molecule has 2 atom stereocenters. The van der Waals surface area contributed by atoms with Crippen LogP contribution in [0.15, 0.2) is 24.3 Å². The summed E-state index contributed by atoms with van der Waals surface area (Å²) in [6.45, 7) is 5.44. The molecule has 0 radical (unpaired) electrons. The molecule has 0 heterocycles. The van der Waals surface area contributed by atoms with Crippen molar-refractivity contribution in [2.45, 2.75) is 32.8 Å². The lowest BCUT2D eigenvalue weighted by Crippen LogP contribution is -2.43. The number of carbonyl (C=O) groups is 1. The molecule has 0 fully saturated rings. The van der Waals surface area contributed by atoms with E-state index in [0.717, 1.165) is 0 Å². The molecular formula is C15H21FO3. The quantitative estimate of drug-likeness (QED) is 0.835. The van der Waals surface area contributed by atoms with E-state index in [1.807, 2.05) is 13.8 Å². The van der Waals surface area contributed by atoms with Crippen molar-refractivity contribution in [1.82, 2.24) is 0 Å². The highest BCUT2D eigenvalue weighted by atomic mass is 19.1. The molecule has 0 saturated carbocycles. The molecule has 3 nitrogen and oxygen atoms in total. The number of benzene rings is 1. The van der Waals surface area contributed by atoms with Gasteiger partial charge in [0.15, 0.2) is 0 Å². The van der Waals surface area contributed by atoms with Crippen LogP contribution in [0.5, 0.6) is 0 Å². The Morgan fingerprint density at radius 3 is 2.53 bits per heavy atom. The molecule has 106 valence electrons. The van der Waals surface area contributed by atoms with Crippen LogP contribution >= 0.6 is 0 Å². The van der Waals surface area contributed by atoms with Crippen molar-refractivity contribution in [3.63, 3.8) is 0 Å². The molecular weight excluding hydrogens is 247 g/mol. The van der Waals surface area contributed by atoms with E-state index in [1.165, 1.54) is 25.3 Å². The number of rotatable bonds is 5. The van der Waals surface area contributed by atoms with Gasteiger partial charge in [0.1, 0.15) is 11.4 Å². The fraction of sp³-hybridized carbons (Fsp3) is 0.533. The van der Waals surface area contributed by atoms with Crippen molar-refractivity contribution in [2.75, 3.05) is 7.11 Å². The van der Waals surface area contributed by atoms with Gasteiger partial charge in [0.25, 0.3) is 0 Å². The van der Waals surface area contributed by atoms with Gasteiger partial charge in [-0.25, -0.2) is 4.39 Å². The molecule has 0 saturated heterocycles. The predicted octanol–water partition coefficient (Wildman–Crippen LogP) is 2.87. The van der Waals surface area contributed by atoms with Crippen molar-refractivity contribution in [2.24, 2.45) is 11.8 Å². The van der Waals surface area contributed by atoms with Crippen molar-refractivity contribution in [1.29, 1.82) is 0 Å². The summed E-state index contributed by atoms with van der Waals surface area (Å²) in [7, 11) is 1.29. The number of halogens is 1. The minimum absolute atomic E-state index is 0.124. The summed E-state index contributed by atoms with van der Waals surface area (Å²) in [5, 5.41) is 10.9. The zero-order valence-corrected chi connectivity index (χ0v) is 11.8. The van der Waals surface area contributed by atoms with Crippen molar-refractivity contribution in [3.05, 3.63) is 35.6 Å². The van der Waals surface area contributed by atoms with E-state index < -0.39 is 23.3 Å². The Hall–Kier alpha value is -1.42. The first-order valence-electron chi connectivity index (χ1n) is 6.43. The smallest absolute Gasteiger partial charge is 0.312 e. The Balaban J connectivity index is 3.31. The van der Waals surface area contributed by atoms with Crippen molar-refractivity contribution >= 4 is 5.97 Å². The zero-order valence-electron chi connectivity index (χ0n) is 11.8. The second-order valence-electron chi connectivity index (χ2n) is 5.03. The molecule has 1 aromatic carbocycles. The molecule has 1 aromatic rings. The molecule has 2 unspecified atom stereocenters. The van der Waals surface area contributed by atoms with Gasteiger partial charge in [0.2, 0.25) is 0 Å². The molecule has 0 aliphatic rings. The minimum Gasteiger partial charge on any atom is -0.469 e. The van der Waals surface area contributed by atoms with Gasteiger partial charge in [-0.2, -0.15) is 0 Å². The van der Waals surface area contributed by atoms with Gasteiger partial charge in [-0.1, -0.05) is 32.9 Å². The summed E-state index contributed by atoms with van der Waals surface area (Å²) in [6.07, 6.45) is 0.300. The highest BCUT2D eigenvalue weighted by Crippen LogP contribution is 2.38. The maximum absolute atomic E-state index is 13.4. The summed E-state index contributed by atoms with van der Waals surface area (Å²) < 4.78 is 18.1. The zero-order chi connectivity index (χ0) is 14.6. The van der Waals surface area contributed by atoms with Crippen LogP contribution in [-0.4, -0.2) is 18.2 Å². The van der Waals surface area contributed by atoms with Crippen LogP contribution in [0.4, 0.5) is 4.39 Å². The molecule has 0 bridgehead atoms. The molecule has 0 aliphatic heterocycles. The Labute approximate surface area is 113 Å². The first-order chi connectivity index (χ1) is 8.86. The van der Waals surface area contributed by atoms with Crippen LogP contribution in [0.2, 0.25) is 0 Å². The number of hydrogen-bond acceptors (Lipinski definition) is 3. The van der Waals surface area contributed by atoms with Gasteiger partial charge in [0, 0.05) is 0 Å². The van der Waals surface area contributed by atoms with Gasteiger partial charge >= 0.3 is 5.97 Å². The van der Waals surface area contributed by atoms with E-state index in [4.69, 9.17) is 4.74 Å². The molecule has 1 N–H and O–H groups in total. The summed E-state index contributed by atoms with van der Waals surface area (Å²) in [5.41, 5.74) is -1.03.